The Labute approximate surface area is 179 Å². The average Bonchev–Trinajstić information content (AvgIpc) is 3.29. The topological polar surface area (TPSA) is 64.7 Å². The zero-order valence-electron chi connectivity index (χ0n) is 17.9. The van der Waals surface area contributed by atoms with Crippen molar-refractivity contribution in [1.29, 1.82) is 0 Å². The summed E-state index contributed by atoms with van der Waals surface area (Å²) in [6.45, 7) is 2.89. The van der Waals surface area contributed by atoms with E-state index >= 15 is 0 Å². The van der Waals surface area contributed by atoms with E-state index in [1.165, 1.54) is 12.8 Å². The highest BCUT2D eigenvalue weighted by Crippen LogP contribution is 2.26. The molecule has 6 nitrogen and oxygen atoms in total. The van der Waals surface area contributed by atoms with Crippen molar-refractivity contribution in [2.75, 3.05) is 45.2 Å². The van der Waals surface area contributed by atoms with Crippen LogP contribution in [0.3, 0.4) is 0 Å². The third kappa shape index (κ3) is 6.07. The maximum absolute atomic E-state index is 12.3. The van der Waals surface area contributed by atoms with Gasteiger partial charge >= 0.3 is 11.8 Å². The number of likely N-dealkylation sites (tertiary alicyclic amines) is 1. The summed E-state index contributed by atoms with van der Waals surface area (Å²) < 4.78 is 0. The molecule has 1 atom stereocenters. The molecule has 1 fully saturated rings. The summed E-state index contributed by atoms with van der Waals surface area (Å²) in [5.74, 6) is -1.15. The molecule has 1 heterocycles. The number of rotatable bonds is 8. The standard InChI is InChI=1S/C24H32N4O2/c1-27(2)21-12-10-20(11-13-21)22(28-16-6-7-17-28)18-26-24(30)23(29)25-15-14-19-8-4-3-5-9-19/h3-5,8-13,22H,6-7,14-18H2,1-2H3,(H,25,29)(H,26,30)/t22-/m1/s1. The first-order valence-electron chi connectivity index (χ1n) is 10.7. The van der Waals surface area contributed by atoms with Gasteiger partial charge in [0.1, 0.15) is 0 Å². The summed E-state index contributed by atoms with van der Waals surface area (Å²) in [4.78, 5) is 29.0. The lowest BCUT2D eigenvalue weighted by Crippen LogP contribution is -2.44. The smallest absolute Gasteiger partial charge is 0.309 e. The van der Waals surface area contributed by atoms with Gasteiger partial charge in [-0.3, -0.25) is 14.5 Å². The lowest BCUT2D eigenvalue weighted by molar-refractivity contribution is -0.139. The second-order valence-electron chi connectivity index (χ2n) is 7.95. The molecule has 1 aliphatic heterocycles. The van der Waals surface area contributed by atoms with Gasteiger partial charge in [0.25, 0.3) is 0 Å². The summed E-state index contributed by atoms with van der Waals surface area (Å²) in [5.41, 5.74) is 3.43. The van der Waals surface area contributed by atoms with Crippen LogP contribution in [0.4, 0.5) is 5.69 Å². The van der Waals surface area contributed by atoms with E-state index in [0.717, 1.165) is 29.9 Å². The largest absolute Gasteiger partial charge is 0.378 e. The number of anilines is 1. The molecule has 160 valence electrons. The summed E-state index contributed by atoms with van der Waals surface area (Å²) in [5, 5.41) is 5.55. The van der Waals surface area contributed by atoms with Crippen LogP contribution in [0, 0.1) is 0 Å². The van der Waals surface area contributed by atoms with Crippen LogP contribution in [0.15, 0.2) is 54.6 Å². The molecule has 3 rings (SSSR count). The SMILES string of the molecule is CN(C)c1ccc([C@@H](CNC(=O)C(=O)NCCc2ccccc2)N2CCCC2)cc1. The van der Waals surface area contributed by atoms with E-state index in [-0.39, 0.29) is 6.04 Å². The normalized spacial score (nSPS) is 14.9. The minimum atomic E-state index is -0.575. The third-order valence-electron chi connectivity index (χ3n) is 5.58. The van der Waals surface area contributed by atoms with Crippen LogP contribution in [0.2, 0.25) is 0 Å². The highest BCUT2D eigenvalue weighted by molar-refractivity contribution is 6.35. The molecule has 2 amide bonds. The predicted molar refractivity (Wildman–Crippen MR) is 120 cm³/mol. The van der Waals surface area contributed by atoms with Crippen LogP contribution in [0.5, 0.6) is 0 Å². The van der Waals surface area contributed by atoms with Crippen LogP contribution in [0.1, 0.15) is 30.0 Å². The van der Waals surface area contributed by atoms with Crippen LogP contribution in [-0.4, -0.2) is 57.0 Å². The molecule has 2 N–H and O–H groups in total. The second-order valence-corrected chi connectivity index (χ2v) is 7.95. The molecule has 0 unspecified atom stereocenters. The van der Waals surface area contributed by atoms with Crippen molar-refractivity contribution < 1.29 is 9.59 Å². The fraction of sp³-hybridized carbons (Fsp3) is 0.417. The number of hydrogen-bond donors (Lipinski definition) is 2. The maximum Gasteiger partial charge on any atom is 0.309 e. The summed E-state index contributed by atoms with van der Waals surface area (Å²) in [6, 6.07) is 18.4. The van der Waals surface area contributed by atoms with Gasteiger partial charge in [0.15, 0.2) is 0 Å². The van der Waals surface area contributed by atoms with E-state index in [4.69, 9.17) is 0 Å². The fourth-order valence-electron chi connectivity index (χ4n) is 3.82. The Bertz CT molecular complexity index is 815. The Hall–Kier alpha value is -2.86. The fourth-order valence-corrected chi connectivity index (χ4v) is 3.82. The quantitative estimate of drug-likeness (QED) is 0.658. The molecule has 1 aliphatic rings. The zero-order chi connectivity index (χ0) is 21.3. The second kappa shape index (κ2) is 10.8. The molecule has 0 bridgehead atoms. The van der Waals surface area contributed by atoms with Crippen LogP contribution < -0.4 is 15.5 Å². The number of nitrogens with zero attached hydrogens (tertiary/aromatic N) is 2. The van der Waals surface area contributed by atoms with Crippen LogP contribution in [0.25, 0.3) is 0 Å². The molecule has 1 saturated heterocycles. The monoisotopic (exact) mass is 408 g/mol. The zero-order valence-corrected chi connectivity index (χ0v) is 17.9. The molecule has 2 aromatic rings. The molecule has 0 spiro atoms. The number of amides is 2. The van der Waals surface area contributed by atoms with E-state index in [1.807, 2.05) is 44.4 Å². The highest BCUT2D eigenvalue weighted by Gasteiger charge is 2.25. The molecule has 0 aromatic heterocycles. The lowest BCUT2D eigenvalue weighted by Gasteiger charge is -2.28. The van der Waals surface area contributed by atoms with Crippen LogP contribution >= 0.6 is 0 Å². The van der Waals surface area contributed by atoms with Gasteiger partial charge in [-0.25, -0.2) is 0 Å². The molecular weight excluding hydrogens is 376 g/mol. The van der Waals surface area contributed by atoms with Crippen molar-refractivity contribution in [2.24, 2.45) is 0 Å². The van der Waals surface area contributed by atoms with E-state index in [2.05, 4.69) is 44.7 Å². The van der Waals surface area contributed by atoms with Gasteiger partial charge in [-0.15, -0.1) is 0 Å². The third-order valence-corrected chi connectivity index (χ3v) is 5.58. The minimum absolute atomic E-state index is 0.0739. The Morgan fingerprint density at radius 3 is 2.20 bits per heavy atom. The Balaban J connectivity index is 1.53. The highest BCUT2D eigenvalue weighted by atomic mass is 16.2. The van der Waals surface area contributed by atoms with Crippen molar-refractivity contribution in [2.45, 2.75) is 25.3 Å². The molecule has 0 aliphatic carbocycles. The van der Waals surface area contributed by atoms with Gasteiger partial charge in [-0.05, 0) is 55.6 Å². The Morgan fingerprint density at radius 2 is 1.57 bits per heavy atom. The molecule has 2 aromatic carbocycles. The van der Waals surface area contributed by atoms with E-state index in [0.29, 0.717) is 19.5 Å². The Kier molecular flexibility index (Phi) is 7.85. The number of carbonyl (C=O) groups is 2. The average molecular weight is 409 g/mol. The minimum Gasteiger partial charge on any atom is -0.378 e. The summed E-state index contributed by atoms with van der Waals surface area (Å²) in [7, 11) is 4.03. The maximum atomic E-state index is 12.3. The number of nitrogens with one attached hydrogen (secondary N) is 2. The summed E-state index contributed by atoms with van der Waals surface area (Å²) in [6.07, 6.45) is 3.04. The molecule has 30 heavy (non-hydrogen) atoms. The predicted octanol–water partition coefficient (Wildman–Crippen LogP) is 2.36. The first kappa shape index (κ1) is 21.8. The van der Waals surface area contributed by atoms with E-state index in [1.54, 1.807) is 0 Å². The van der Waals surface area contributed by atoms with E-state index in [9.17, 15) is 9.59 Å². The van der Waals surface area contributed by atoms with Crippen molar-refractivity contribution in [3.63, 3.8) is 0 Å². The van der Waals surface area contributed by atoms with Crippen molar-refractivity contribution in [1.82, 2.24) is 15.5 Å². The van der Waals surface area contributed by atoms with Gasteiger partial charge < -0.3 is 15.5 Å². The van der Waals surface area contributed by atoms with Gasteiger partial charge in [0, 0.05) is 32.9 Å². The van der Waals surface area contributed by atoms with Gasteiger partial charge in [-0.1, -0.05) is 42.5 Å². The van der Waals surface area contributed by atoms with Crippen molar-refractivity contribution >= 4 is 17.5 Å². The van der Waals surface area contributed by atoms with Gasteiger partial charge in [0.05, 0.1) is 6.04 Å². The first-order valence-corrected chi connectivity index (χ1v) is 10.7. The molecular formula is C24H32N4O2. The number of carbonyl (C=O) groups excluding carboxylic acids is 2. The van der Waals surface area contributed by atoms with Gasteiger partial charge in [0.2, 0.25) is 0 Å². The molecule has 6 heteroatoms. The molecule has 0 saturated carbocycles. The van der Waals surface area contributed by atoms with E-state index < -0.39 is 11.8 Å². The van der Waals surface area contributed by atoms with Crippen molar-refractivity contribution in [3.05, 3.63) is 65.7 Å². The molecule has 0 radical (unpaired) electrons. The number of hydrogen-bond acceptors (Lipinski definition) is 4. The summed E-state index contributed by atoms with van der Waals surface area (Å²) >= 11 is 0. The number of benzene rings is 2. The lowest BCUT2D eigenvalue weighted by atomic mass is 10.0. The Morgan fingerprint density at radius 1 is 0.933 bits per heavy atom. The first-order chi connectivity index (χ1) is 14.5. The van der Waals surface area contributed by atoms with Crippen molar-refractivity contribution in [3.8, 4) is 0 Å². The van der Waals surface area contributed by atoms with Crippen LogP contribution in [-0.2, 0) is 16.0 Å². The van der Waals surface area contributed by atoms with Gasteiger partial charge in [-0.2, -0.15) is 0 Å².